The lowest BCUT2D eigenvalue weighted by Crippen LogP contribution is -2.36. The van der Waals surface area contributed by atoms with Crippen LogP contribution in [0.4, 0.5) is 5.69 Å². The molecule has 1 heterocycles. The van der Waals surface area contributed by atoms with Crippen molar-refractivity contribution in [3.05, 3.63) is 65.2 Å². The topological polar surface area (TPSA) is 37.4 Å². The molecule has 21 heavy (non-hydrogen) atoms. The van der Waals surface area contributed by atoms with Gasteiger partial charge in [-0.25, -0.2) is 8.42 Å². The molecule has 2 aromatic rings. The Labute approximate surface area is 126 Å². The number of benzene rings is 2. The van der Waals surface area contributed by atoms with Gasteiger partial charge in [0.2, 0.25) is 10.0 Å². The normalized spacial score (nSPS) is 14.8. The van der Waals surface area contributed by atoms with Crippen LogP contribution in [0.15, 0.2) is 48.5 Å². The van der Waals surface area contributed by atoms with Crippen LogP contribution in [0, 0.1) is 6.92 Å². The summed E-state index contributed by atoms with van der Waals surface area (Å²) in [6, 6.07) is 15.5. The van der Waals surface area contributed by atoms with Crippen molar-refractivity contribution in [1.82, 2.24) is 0 Å². The van der Waals surface area contributed by atoms with Crippen LogP contribution < -0.4 is 4.31 Å². The minimum absolute atomic E-state index is 0.0635. The van der Waals surface area contributed by atoms with E-state index < -0.39 is 10.0 Å². The van der Waals surface area contributed by atoms with Crippen molar-refractivity contribution >= 4 is 15.7 Å². The van der Waals surface area contributed by atoms with E-state index in [0.717, 1.165) is 35.2 Å². The van der Waals surface area contributed by atoms with Gasteiger partial charge in [-0.05, 0) is 42.5 Å². The van der Waals surface area contributed by atoms with Crippen LogP contribution >= 0.6 is 0 Å². The van der Waals surface area contributed by atoms with E-state index in [2.05, 4.69) is 0 Å². The predicted octanol–water partition coefficient (Wildman–Crippen LogP) is 3.28. The van der Waals surface area contributed by atoms with E-state index in [1.54, 1.807) is 4.31 Å². The summed E-state index contributed by atoms with van der Waals surface area (Å²) in [4.78, 5) is 0. The van der Waals surface area contributed by atoms with Crippen LogP contribution in [0.25, 0.3) is 0 Å². The molecule has 0 N–H and O–H groups in total. The molecule has 3 rings (SSSR count). The molecule has 110 valence electrons. The summed E-state index contributed by atoms with van der Waals surface area (Å²) in [7, 11) is -3.34. The van der Waals surface area contributed by atoms with Gasteiger partial charge in [0.05, 0.1) is 11.4 Å². The van der Waals surface area contributed by atoms with Crippen LogP contribution in [0.2, 0.25) is 0 Å². The predicted molar refractivity (Wildman–Crippen MR) is 85.9 cm³/mol. The van der Waals surface area contributed by atoms with Gasteiger partial charge in [0.1, 0.15) is 0 Å². The molecule has 2 aromatic carbocycles. The molecule has 3 nitrogen and oxygen atoms in total. The molecule has 0 aromatic heterocycles. The molecule has 0 spiro atoms. The minimum atomic E-state index is -3.34. The van der Waals surface area contributed by atoms with Gasteiger partial charge in [0.25, 0.3) is 0 Å². The molecular weight excluding hydrogens is 282 g/mol. The number of aryl methyl sites for hydroxylation is 2. The Balaban J connectivity index is 1.95. The van der Waals surface area contributed by atoms with Gasteiger partial charge in [-0.1, -0.05) is 42.5 Å². The van der Waals surface area contributed by atoms with E-state index >= 15 is 0 Å². The third-order valence-corrected chi connectivity index (χ3v) is 5.73. The number of nitrogens with zero attached hydrogens (tertiary/aromatic N) is 1. The summed E-state index contributed by atoms with van der Waals surface area (Å²) in [5, 5.41) is 0. The maximum Gasteiger partial charge on any atom is 0.239 e. The van der Waals surface area contributed by atoms with Crippen LogP contribution in [-0.2, 0) is 22.2 Å². The van der Waals surface area contributed by atoms with E-state index in [1.165, 1.54) is 0 Å². The Morgan fingerprint density at radius 1 is 1.05 bits per heavy atom. The lowest BCUT2D eigenvalue weighted by molar-refractivity contribution is 0.585. The number of anilines is 1. The zero-order valence-electron chi connectivity index (χ0n) is 12.1. The number of hydrogen-bond donors (Lipinski definition) is 0. The second-order valence-corrected chi connectivity index (χ2v) is 7.38. The monoisotopic (exact) mass is 301 g/mol. The summed E-state index contributed by atoms with van der Waals surface area (Å²) in [6.07, 6.45) is 1.83. The molecule has 0 amide bonds. The quantitative estimate of drug-likeness (QED) is 0.872. The van der Waals surface area contributed by atoms with E-state index in [-0.39, 0.29) is 5.75 Å². The molecule has 4 heteroatoms. The van der Waals surface area contributed by atoms with Crippen molar-refractivity contribution in [2.75, 3.05) is 10.8 Å². The van der Waals surface area contributed by atoms with Crippen LogP contribution in [0.5, 0.6) is 0 Å². The van der Waals surface area contributed by atoms with Crippen molar-refractivity contribution in [2.24, 2.45) is 0 Å². The lowest BCUT2D eigenvalue weighted by atomic mass is 10.0. The van der Waals surface area contributed by atoms with Gasteiger partial charge in [0.15, 0.2) is 0 Å². The molecule has 0 fully saturated rings. The van der Waals surface area contributed by atoms with Gasteiger partial charge in [0, 0.05) is 6.54 Å². The Hall–Kier alpha value is -1.81. The third kappa shape index (κ3) is 2.81. The number of para-hydroxylation sites is 1. The molecule has 0 saturated heterocycles. The van der Waals surface area contributed by atoms with E-state index in [1.807, 2.05) is 55.5 Å². The Kier molecular flexibility index (Phi) is 3.72. The second-order valence-electron chi connectivity index (χ2n) is 5.49. The Morgan fingerprint density at radius 3 is 2.57 bits per heavy atom. The first kappa shape index (κ1) is 14.1. The van der Waals surface area contributed by atoms with Gasteiger partial charge in [-0.2, -0.15) is 0 Å². The first-order valence-corrected chi connectivity index (χ1v) is 8.82. The fourth-order valence-electron chi connectivity index (χ4n) is 2.83. The van der Waals surface area contributed by atoms with Crippen molar-refractivity contribution in [3.8, 4) is 0 Å². The van der Waals surface area contributed by atoms with Crippen LogP contribution in [0.1, 0.15) is 23.1 Å². The number of rotatable bonds is 3. The third-order valence-electron chi connectivity index (χ3n) is 4.00. The molecule has 0 atom stereocenters. The highest BCUT2D eigenvalue weighted by Crippen LogP contribution is 2.30. The molecular formula is C17H19NO2S. The summed E-state index contributed by atoms with van der Waals surface area (Å²) < 4.78 is 27.2. The van der Waals surface area contributed by atoms with Gasteiger partial charge < -0.3 is 0 Å². The average molecular weight is 301 g/mol. The SMILES string of the molecule is Cc1ccccc1CS(=O)(=O)N1CCCc2ccccc21. The number of sulfonamides is 1. The number of fused-ring (bicyclic) bond motifs is 1. The molecule has 0 saturated carbocycles. The summed E-state index contributed by atoms with van der Waals surface area (Å²) >= 11 is 0. The van der Waals surface area contributed by atoms with Crippen molar-refractivity contribution < 1.29 is 8.42 Å². The first-order chi connectivity index (χ1) is 10.1. The lowest BCUT2D eigenvalue weighted by Gasteiger charge is -2.30. The Bertz CT molecular complexity index is 753. The highest BCUT2D eigenvalue weighted by molar-refractivity contribution is 7.92. The number of hydrogen-bond acceptors (Lipinski definition) is 2. The maximum absolute atomic E-state index is 12.8. The molecule has 0 radical (unpaired) electrons. The summed E-state index contributed by atoms with van der Waals surface area (Å²) in [5.41, 5.74) is 3.86. The molecule has 0 bridgehead atoms. The van der Waals surface area contributed by atoms with Crippen molar-refractivity contribution in [2.45, 2.75) is 25.5 Å². The molecule has 1 aliphatic heterocycles. The molecule has 1 aliphatic rings. The zero-order chi connectivity index (χ0) is 14.9. The highest BCUT2D eigenvalue weighted by atomic mass is 32.2. The highest BCUT2D eigenvalue weighted by Gasteiger charge is 2.27. The van der Waals surface area contributed by atoms with E-state index in [9.17, 15) is 8.42 Å². The molecule has 0 aliphatic carbocycles. The van der Waals surface area contributed by atoms with Gasteiger partial charge in [-0.15, -0.1) is 0 Å². The van der Waals surface area contributed by atoms with Gasteiger partial charge in [-0.3, -0.25) is 4.31 Å². The van der Waals surface area contributed by atoms with Crippen molar-refractivity contribution in [3.63, 3.8) is 0 Å². The van der Waals surface area contributed by atoms with Gasteiger partial charge >= 0.3 is 0 Å². The summed E-state index contributed by atoms with van der Waals surface area (Å²) in [5.74, 6) is 0.0635. The average Bonchev–Trinajstić information content (AvgIpc) is 2.49. The minimum Gasteiger partial charge on any atom is -0.270 e. The Morgan fingerprint density at radius 2 is 1.76 bits per heavy atom. The molecule has 0 unspecified atom stereocenters. The first-order valence-electron chi connectivity index (χ1n) is 7.21. The van der Waals surface area contributed by atoms with Crippen molar-refractivity contribution in [1.29, 1.82) is 0 Å². The smallest absolute Gasteiger partial charge is 0.239 e. The second kappa shape index (κ2) is 5.53. The fraction of sp³-hybridized carbons (Fsp3) is 0.294. The fourth-order valence-corrected chi connectivity index (χ4v) is 4.59. The zero-order valence-corrected chi connectivity index (χ0v) is 12.9. The van der Waals surface area contributed by atoms with Crippen LogP contribution in [-0.4, -0.2) is 15.0 Å². The maximum atomic E-state index is 12.8. The van der Waals surface area contributed by atoms with Crippen LogP contribution in [0.3, 0.4) is 0 Å². The van der Waals surface area contributed by atoms with E-state index in [4.69, 9.17) is 0 Å². The summed E-state index contributed by atoms with van der Waals surface area (Å²) in [6.45, 7) is 2.53. The van der Waals surface area contributed by atoms with E-state index in [0.29, 0.717) is 6.54 Å². The standard InChI is InChI=1S/C17H19NO2S/c1-14-7-2-3-9-16(14)13-21(19,20)18-12-6-10-15-8-4-5-11-17(15)18/h2-5,7-9,11H,6,10,12-13H2,1H3. The largest absolute Gasteiger partial charge is 0.270 e.